The molecule has 0 spiro atoms. The van der Waals surface area contributed by atoms with Crippen molar-refractivity contribution in [2.24, 2.45) is 0 Å². The van der Waals surface area contributed by atoms with E-state index in [-0.39, 0.29) is 5.82 Å². The van der Waals surface area contributed by atoms with E-state index in [0.29, 0.717) is 17.3 Å². The van der Waals surface area contributed by atoms with E-state index in [2.05, 4.69) is 10.3 Å². The zero-order chi connectivity index (χ0) is 19.3. The molecule has 1 N–H and O–H groups in total. The Kier molecular flexibility index (Phi) is 3.65. The summed E-state index contributed by atoms with van der Waals surface area (Å²) in [6, 6.07) is 14.0. The molecule has 4 aromatic rings. The van der Waals surface area contributed by atoms with E-state index < -0.39 is 0 Å². The number of benzene rings is 2. The molecule has 0 atom stereocenters. The number of methoxy groups -OCH3 is 2. The monoisotopic (exact) mass is 373 g/mol. The molecule has 5 nitrogen and oxygen atoms in total. The van der Waals surface area contributed by atoms with Crippen LogP contribution in [-0.4, -0.2) is 24.2 Å². The first-order valence-electron chi connectivity index (χ1n) is 8.77. The minimum atomic E-state index is -0.274. The molecule has 0 saturated carbocycles. The van der Waals surface area contributed by atoms with Gasteiger partial charge in [-0.2, -0.15) is 0 Å². The summed E-state index contributed by atoms with van der Waals surface area (Å²) in [6.07, 6.45) is 1.77. The summed E-state index contributed by atoms with van der Waals surface area (Å²) >= 11 is 0. The second-order valence-corrected chi connectivity index (χ2v) is 6.50. The van der Waals surface area contributed by atoms with Crippen molar-refractivity contribution in [3.63, 3.8) is 0 Å². The number of hydrogen-bond acceptors (Lipinski definition) is 5. The van der Waals surface area contributed by atoms with Crippen molar-refractivity contribution < 1.29 is 13.9 Å². The Balaban J connectivity index is 1.78. The van der Waals surface area contributed by atoms with Crippen LogP contribution in [0, 0.1) is 5.82 Å². The first-order chi connectivity index (χ1) is 13.7. The Labute approximate surface area is 160 Å². The topological polar surface area (TPSA) is 56.3 Å². The number of pyridine rings is 2. The molecule has 2 aromatic heterocycles. The van der Waals surface area contributed by atoms with Gasteiger partial charge < -0.3 is 14.8 Å². The molecule has 0 fully saturated rings. The summed E-state index contributed by atoms with van der Waals surface area (Å²) < 4.78 is 24.3. The largest absolute Gasteiger partial charge is 0.497 e. The van der Waals surface area contributed by atoms with Gasteiger partial charge in [-0.1, -0.05) is 0 Å². The van der Waals surface area contributed by atoms with Gasteiger partial charge in [-0.25, -0.2) is 9.37 Å². The van der Waals surface area contributed by atoms with Crippen molar-refractivity contribution >= 4 is 22.3 Å². The standard InChI is InChI=1S/C22H16FN3O2/c1-27-15-10-17-20(18(11-15)28-2)21-19-13(7-8-24-21)9-16(25-22(19)26-17)12-3-5-14(23)6-4-12/h3-11H,1-2H3,(H,25,26). The van der Waals surface area contributed by atoms with Gasteiger partial charge in [0.05, 0.1) is 42.2 Å². The number of hydrogen-bond donors (Lipinski definition) is 1. The Morgan fingerprint density at radius 2 is 1.79 bits per heavy atom. The summed E-state index contributed by atoms with van der Waals surface area (Å²) in [6.45, 7) is 0. The second kappa shape index (κ2) is 6.20. The fourth-order valence-corrected chi connectivity index (χ4v) is 3.59. The number of anilines is 2. The molecule has 0 amide bonds. The number of rotatable bonds is 3. The van der Waals surface area contributed by atoms with Crippen molar-refractivity contribution in [3.05, 3.63) is 60.5 Å². The lowest BCUT2D eigenvalue weighted by atomic mass is 9.97. The summed E-state index contributed by atoms with van der Waals surface area (Å²) in [7, 11) is 3.24. The summed E-state index contributed by atoms with van der Waals surface area (Å²) in [5, 5.41) is 5.30. The molecule has 0 aliphatic carbocycles. The van der Waals surface area contributed by atoms with Crippen LogP contribution in [0.2, 0.25) is 0 Å². The first-order valence-corrected chi connectivity index (χ1v) is 8.77. The molecule has 2 aromatic carbocycles. The number of nitrogens with zero attached hydrogens (tertiary/aromatic N) is 2. The minimum Gasteiger partial charge on any atom is -0.497 e. The predicted octanol–water partition coefficient (Wildman–Crippen LogP) is 5.18. The number of aromatic nitrogens is 2. The summed E-state index contributed by atoms with van der Waals surface area (Å²) in [4.78, 5) is 9.39. The zero-order valence-corrected chi connectivity index (χ0v) is 15.3. The van der Waals surface area contributed by atoms with Crippen LogP contribution in [0.25, 0.3) is 33.3 Å². The molecular formula is C22H16FN3O2. The van der Waals surface area contributed by atoms with Gasteiger partial charge in [0.2, 0.25) is 0 Å². The smallest absolute Gasteiger partial charge is 0.141 e. The average Bonchev–Trinajstić information content (AvgIpc) is 2.73. The zero-order valence-electron chi connectivity index (χ0n) is 15.3. The van der Waals surface area contributed by atoms with Gasteiger partial charge in [-0.05, 0) is 41.8 Å². The van der Waals surface area contributed by atoms with Crippen LogP contribution in [0.1, 0.15) is 0 Å². The van der Waals surface area contributed by atoms with Crippen molar-refractivity contribution in [3.8, 4) is 34.0 Å². The molecular weight excluding hydrogens is 357 g/mol. The molecule has 0 unspecified atom stereocenters. The SMILES string of the molecule is COc1cc2c(c(OC)c1)-c1nccc3cc(-c4ccc(F)cc4)nc(c13)N2. The third kappa shape index (κ3) is 2.45. The first kappa shape index (κ1) is 16.5. The van der Waals surface area contributed by atoms with Gasteiger partial charge in [0, 0.05) is 23.9 Å². The van der Waals surface area contributed by atoms with E-state index in [1.165, 1.54) is 12.1 Å². The van der Waals surface area contributed by atoms with Crippen LogP contribution in [-0.2, 0) is 0 Å². The highest BCUT2D eigenvalue weighted by molar-refractivity contribution is 6.10. The summed E-state index contributed by atoms with van der Waals surface area (Å²) in [5.41, 5.74) is 4.09. The predicted molar refractivity (Wildman–Crippen MR) is 107 cm³/mol. The van der Waals surface area contributed by atoms with Crippen LogP contribution < -0.4 is 14.8 Å². The van der Waals surface area contributed by atoms with E-state index in [1.807, 2.05) is 24.3 Å². The molecule has 6 heteroatoms. The molecule has 0 saturated heterocycles. The highest BCUT2D eigenvalue weighted by atomic mass is 19.1. The van der Waals surface area contributed by atoms with Crippen molar-refractivity contribution in [2.45, 2.75) is 0 Å². The highest BCUT2D eigenvalue weighted by Crippen LogP contribution is 2.48. The lowest BCUT2D eigenvalue weighted by molar-refractivity contribution is 0.395. The quantitative estimate of drug-likeness (QED) is 0.472. The third-order valence-electron chi connectivity index (χ3n) is 4.91. The van der Waals surface area contributed by atoms with Crippen LogP contribution in [0.3, 0.4) is 0 Å². The van der Waals surface area contributed by atoms with Crippen molar-refractivity contribution in [2.75, 3.05) is 19.5 Å². The van der Waals surface area contributed by atoms with Gasteiger partial charge in [0.25, 0.3) is 0 Å². The normalized spacial score (nSPS) is 11.7. The number of nitrogens with one attached hydrogen (secondary N) is 1. The van der Waals surface area contributed by atoms with E-state index in [0.717, 1.165) is 39.0 Å². The second-order valence-electron chi connectivity index (χ2n) is 6.50. The Hall–Kier alpha value is -3.67. The number of ether oxygens (including phenoxy) is 2. The van der Waals surface area contributed by atoms with Crippen LogP contribution in [0.5, 0.6) is 11.5 Å². The lowest BCUT2D eigenvalue weighted by Crippen LogP contribution is -2.07. The van der Waals surface area contributed by atoms with Gasteiger partial charge in [-0.15, -0.1) is 0 Å². The van der Waals surface area contributed by atoms with E-state index in [9.17, 15) is 4.39 Å². The molecule has 3 heterocycles. The number of fused-ring (bicyclic) bond motifs is 2. The van der Waals surface area contributed by atoms with Gasteiger partial charge in [0.15, 0.2) is 0 Å². The van der Waals surface area contributed by atoms with E-state index in [4.69, 9.17) is 14.5 Å². The number of halogens is 1. The Bertz CT molecular complexity index is 1220. The molecule has 28 heavy (non-hydrogen) atoms. The van der Waals surface area contributed by atoms with Gasteiger partial charge in [0.1, 0.15) is 23.1 Å². The van der Waals surface area contributed by atoms with Crippen LogP contribution >= 0.6 is 0 Å². The third-order valence-corrected chi connectivity index (χ3v) is 4.91. The van der Waals surface area contributed by atoms with Gasteiger partial charge >= 0.3 is 0 Å². The fourth-order valence-electron chi connectivity index (χ4n) is 3.59. The van der Waals surface area contributed by atoms with Crippen molar-refractivity contribution in [1.82, 2.24) is 9.97 Å². The Morgan fingerprint density at radius 3 is 2.54 bits per heavy atom. The maximum Gasteiger partial charge on any atom is 0.141 e. The average molecular weight is 373 g/mol. The van der Waals surface area contributed by atoms with Crippen LogP contribution in [0.4, 0.5) is 15.9 Å². The maximum absolute atomic E-state index is 13.3. The maximum atomic E-state index is 13.3. The molecule has 5 rings (SSSR count). The molecule has 1 aliphatic heterocycles. The molecule has 0 radical (unpaired) electrons. The van der Waals surface area contributed by atoms with E-state index in [1.54, 1.807) is 32.5 Å². The van der Waals surface area contributed by atoms with Gasteiger partial charge in [-0.3, -0.25) is 4.98 Å². The van der Waals surface area contributed by atoms with E-state index >= 15 is 0 Å². The Morgan fingerprint density at radius 1 is 0.964 bits per heavy atom. The van der Waals surface area contributed by atoms with Crippen molar-refractivity contribution in [1.29, 1.82) is 0 Å². The minimum absolute atomic E-state index is 0.274. The molecule has 1 aliphatic rings. The fraction of sp³-hybridized carbons (Fsp3) is 0.0909. The lowest BCUT2D eigenvalue weighted by Gasteiger charge is -2.23. The highest BCUT2D eigenvalue weighted by Gasteiger charge is 2.25. The summed E-state index contributed by atoms with van der Waals surface area (Å²) in [5.74, 6) is 1.77. The molecule has 138 valence electrons. The van der Waals surface area contributed by atoms with Crippen LogP contribution in [0.15, 0.2) is 54.7 Å². The molecule has 0 bridgehead atoms.